The van der Waals surface area contributed by atoms with Crippen molar-refractivity contribution < 1.29 is 19.2 Å². The number of nitrogens with one attached hydrogen (secondary N) is 1. The van der Waals surface area contributed by atoms with Crippen molar-refractivity contribution >= 4 is 29.7 Å². The van der Waals surface area contributed by atoms with E-state index in [0.717, 1.165) is 48.0 Å². The topological polar surface area (TPSA) is 87.7 Å². The molecule has 3 atom stereocenters. The molecule has 2 aromatic rings. The predicted octanol–water partition coefficient (Wildman–Crippen LogP) is 3.85. The Morgan fingerprint density at radius 3 is 2.60 bits per heavy atom. The first-order valence-electron chi connectivity index (χ1n) is 11.0. The van der Waals surface area contributed by atoms with E-state index in [2.05, 4.69) is 4.98 Å². The summed E-state index contributed by atoms with van der Waals surface area (Å²) in [5.74, 6) is 1.18. The summed E-state index contributed by atoms with van der Waals surface area (Å²) in [4.78, 5) is 21.9. The van der Waals surface area contributed by atoms with Gasteiger partial charge in [0.25, 0.3) is 0 Å². The number of aromatic nitrogens is 2. The van der Waals surface area contributed by atoms with Crippen molar-refractivity contribution in [2.75, 3.05) is 0 Å². The number of likely N-dealkylation sites (tertiary alicyclic amines) is 1. The first kappa shape index (κ1) is 19.9. The highest BCUT2D eigenvalue weighted by Crippen LogP contribution is 2.45. The summed E-state index contributed by atoms with van der Waals surface area (Å²) in [6.45, 7) is 8.17. The van der Waals surface area contributed by atoms with Crippen LogP contribution in [0, 0.1) is 5.92 Å². The normalized spacial score (nSPS) is 30.1. The van der Waals surface area contributed by atoms with Crippen molar-refractivity contribution in [3.8, 4) is 0 Å². The van der Waals surface area contributed by atoms with Crippen LogP contribution in [0.4, 0.5) is 4.79 Å². The highest BCUT2D eigenvalue weighted by molar-refractivity contribution is 6.62. The summed E-state index contributed by atoms with van der Waals surface area (Å²) in [6.07, 6.45) is 4.37. The average molecular weight is 411 g/mol. The summed E-state index contributed by atoms with van der Waals surface area (Å²) in [5, 5.41) is 9.90. The summed E-state index contributed by atoms with van der Waals surface area (Å²) in [6, 6.07) is 5.88. The molecule has 1 aliphatic carbocycles. The second-order valence-corrected chi connectivity index (χ2v) is 10.0. The number of fused-ring (bicyclic) bond motifs is 2. The van der Waals surface area contributed by atoms with Gasteiger partial charge in [-0.15, -0.1) is 0 Å². The van der Waals surface area contributed by atoms with E-state index in [4.69, 9.17) is 14.3 Å². The van der Waals surface area contributed by atoms with E-state index in [-0.39, 0.29) is 12.1 Å². The minimum atomic E-state index is -0.840. The van der Waals surface area contributed by atoms with Crippen molar-refractivity contribution in [3.63, 3.8) is 0 Å². The van der Waals surface area contributed by atoms with Crippen LogP contribution in [0.3, 0.4) is 0 Å². The van der Waals surface area contributed by atoms with Crippen LogP contribution in [-0.4, -0.2) is 50.4 Å². The SMILES string of the molecule is CC1(C)OB(c2ccc3nc(C4CC5CCCC[C@@H]5N4C(=O)O)[nH]c3c2)OC1(C)C. The Balaban J connectivity index is 1.45. The second kappa shape index (κ2) is 6.72. The van der Waals surface area contributed by atoms with Crippen LogP contribution in [-0.2, 0) is 9.31 Å². The molecule has 0 spiro atoms. The third kappa shape index (κ3) is 3.03. The molecule has 1 aromatic carbocycles. The minimum absolute atomic E-state index is 0.120. The van der Waals surface area contributed by atoms with Gasteiger partial charge in [-0.25, -0.2) is 9.78 Å². The molecule has 3 heterocycles. The monoisotopic (exact) mass is 411 g/mol. The molecule has 7 nitrogen and oxygen atoms in total. The Morgan fingerprint density at radius 2 is 1.90 bits per heavy atom. The van der Waals surface area contributed by atoms with Gasteiger partial charge in [0.1, 0.15) is 5.82 Å². The molecule has 1 saturated carbocycles. The zero-order valence-electron chi connectivity index (χ0n) is 18.1. The van der Waals surface area contributed by atoms with Crippen molar-refractivity contribution in [1.82, 2.24) is 14.9 Å². The Labute approximate surface area is 177 Å². The number of imidazole rings is 1. The average Bonchev–Trinajstić information content (AvgIpc) is 3.32. The lowest BCUT2D eigenvalue weighted by Gasteiger charge is -2.32. The van der Waals surface area contributed by atoms with Gasteiger partial charge in [-0.3, -0.25) is 4.90 Å². The summed E-state index contributed by atoms with van der Waals surface area (Å²) in [5.41, 5.74) is 1.87. The quantitative estimate of drug-likeness (QED) is 0.734. The molecule has 5 rings (SSSR count). The predicted molar refractivity (Wildman–Crippen MR) is 115 cm³/mol. The first-order valence-corrected chi connectivity index (χ1v) is 11.0. The molecule has 2 N–H and O–H groups in total. The molecular formula is C22H30BN3O4. The minimum Gasteiger partial charge on any atom is -0.465 e. The number of carboxylic acid groups (broad SMARTS) is 1. The molecular weight excluding hydrogens is 381 g/mol. The highest BCUT2D eigenvalue weighted by Gasteiger charge is 2.52. The number of hydrogen-bond acceptors (Lipinski definition) is 4. The molecule has 8 heteroatoms. The number of nitrogens with zero attached hydrogens (tertiary/aromatic N) is 2. The lowest BCUT2D eigenvalue weighted by atomic mass is 9.79. The lowest BCUT2D eigenvalue weighted by Crippen LogP contribution is -2.41. The van der Waals surface area contributed by atoms with Gasteiger partial charge in [-0.05, 0) is 70.5 Å². The van der Waals surface area contributed by atoms with E-state index in [1.54, 1.807) is 4.90 Å². The zero-order valence-corrected chi connectivity index (χ0v) is 18.1. The van der Waals surface area contributed by atoms with Crippen LogP contribution < -0.4 is 5.46 Å². The Kier molecular flexibility index (Phi) is 4.45. The molecule has 0 bridgehead atoms. The highest BCUT2D eigenvalue weighted by atomic mass is 16.7. The van der Waals surface area contributed by atoms with E-state index >= 15 is 0 Å². The fourth-order valence-electron chi connectivity index (χ4n) is 5.31. The number of benzene rings is 1. The van der Waals surface area contributed by atoms with Gasteiger partial charge in [0.2, 0.25) is 0 Å². The fraction of sp³-hybridized carbons (Fsp3) is 0.636. The van der Waals surface area contributed by atoms with Crippen molar-refractivity contribution in [1.29, 1.82) is 0 Å². The Bertz CT molecular complexity index is 972. The van der Waals surface area contributed by atoms with Crippen LogP contribution in [0.25, 0.3) is 11.0 Å². The molecule has 160 valence electrons. The second-order valence-electron chi connectivity index (χ2n) is 10.0. The standard InChI is InChI=1S/C22H30BN3O4/c1-21(2)22(3,4)30-23(29-21)14-9-10-15-16(12-14)25-19(24-15)18-11-13-7-5-6-8-17(13)26(18)20(27)28/h9-10,12-13,17-18H,5-8,11H2,1-4H3,(H,24,25)(H,27,28)/t13?,17-,18?/m0/s1. The van der Waals surface area contributed by atoms with E-state index in [0.29, 0.717) is 5.92 Å². The first-order chi connectivity index (χ1) is 14.2. The number of hydrogen-bond donors (Lipinski definition) is 2. The van der Waals surface area contributed by atoms with Crippen LogP contribution in [0.15, 0.2) is 18.2 Å². The summed E-state index contributed by atoms with van der Waals surface area (Å²) < 4.78 is 12.4. The molecule has 1 aromatic heterocycles. The van der Waals surface area contributed by atoms with E-state index < -0.39 is 24.4 Å². The van der Waals surface area contributed by atoms with Gasteiger partial charge in [0.15, 0.2) is 0 Å². The molecule has 2 unspecified atom stereocenters. The Hall–Kier alpha value is -2.06. The van der Waals surface area contributed by atoms with Crippen molar-refractivity contribution in [2.24, 2.45) is 5.92 Å². The maximum atomic E-state index is 12.1. The molecule has 3 aliphatic rings. The molecule has 0 radical (unpaired) electrons. The number of carbonyl (C=O) groups is 1. The van der Waals surface area contributed by atoms with Gasteiger partial charge >= 0.3 is 13.2 Å². The number of aromatic amines is 1. The molecule has 3 fully saturated rings. The van der Waals surface area contributed by atoms with Gasteiger partial charge in [0, 0.05) is 6.04 Å². The van der Waals surface area contributed by atoms with E-state index in [1.807, 2.05) is 45.9 Å². The number of amides is 1. The maximum Gasteiger partial charge on any atom is 0.494 e. The molecule has 2 saturated heterocycles. The van der Waals surface area contributed by atoms with E-state index in [9.17, 15) is 9.90 Å². The van der Waals surface area contributed by atoms with E-state index in [1.165, 1.54) is 6.42 Å². The maximum absolute atomic E-state index is 12.1. The van der Waals surface area contributed by atoms with Gasteiger partial charge < -0.3 is 19.4 Å². The van der Waals surface area contributed by atoms with Crippen LogP contribution in [0.5, 0.6) is 0 Å². The summed E-state index contributed by atoms with van der Waals surface area (Å²) >= 11 is 0. The van der Waals surface area contributed by atoms with Crippen LogP contribution in [0.2, 0.25) is 0 Å². The van der Waals surface area contributed by atoms with Crippen LogP contribution >= 0.6 is 0 Å². The Morgan fingerprint density at radius 1 is 1.20 bits per heavy atom. The van der Waals surface area contributed by atoms with Gasteiger partial charge in [-0.1, -0.05) is 18.9 Å². The van der Waals surface area contributed by atoms with Gasteiger partial charge in [0.05, 0.1) is 28.3 Å². The van der Waals surface area contributed by atoms with Gasteiger partial charge in [-0.2, -0.15) is 0 Å². The number of H-pyrrole nitrogens is 1. The molecule has 1 amide bonds. The van der Waals surface area contributed by atoms with Crippen molar-refractivity contribution in [3.05, 3.63) is 24.0 Å². The number of rotatable bonds is 2. The largest absolute Gasteiger partial charge is 0.494 e. The third-order valence-corrected chi connectivity index (χ3v) is 7.67. The zero-order chi connectivity index (χ0) is 21.3. The smallest absolute Gasteiger partial charge is 0.465 e. The van der Waals surface area contributed by atoms with Crippen molar-refractivity contribution in [2.45, 2.75) is 83.1 Å². The molecule has 30 heavy (non-hydrogen) atoms. The van der Waals surface area contributed by atoms with Crippen LogP contribution in [0.1, 0.15) is 71.7 Å². The molecule has 2 aliphatic heterocycles. The fourth-order valence-corrected chi connectivity index (χ4v) is 5.31. The summed E-state index contributed by atoms with van der Waals surface area (Å²) in [7, 11) is -0.434. The lowest BCUT2D eigenvalue weighted by molar-refractivity contribution is 0.00578. The third-order valence-electron chi connectivity index (χ3n) is 7.67.